The summed E-state index contributed by atoms with van der Waals surface area (Å²) < 4.78 is 76.2. The van der Waals surface area contributed by atoms with Crippen LogP contribution in [0.15, 0.2) is 219 Å². The lowest BCUT2D eigenvalue weighted by atomic mass is 9.95. The summed E-state index contributed by atoms with van der Waals surface area (Å²) in [4.78, 5) is 85.3. The molecule has 2 heterocycles. The highest BCUT2D eigenvalue weighted by molar-refractivity contribution is 5.92. The van der Waals surface area contributed by atoms with Crippen LogP contribution in [0.25, 0.3) is 0 Å². The van der Waals surface area contributed by atoms with Gasteiger partial charge in [0.15, 0.2) is 30.7 Å². The van der Waals surface area contributed by atoms with Crippen molar-refractivity contribution in [3.05, 3.63) is 252 Å². The Kier molecular flexibility index (Phi) is 19.6. The number of carbonyl (C=O) groups excluding carboxylic acids is 6. The quantitative estimate of drug-likeness (QED) is 0.0351. The highest BCUT2D eigenvalue weighted by Gasteiger charge is 2.58. The van der Waals surface area contributed by atoms with Gasteiger partial charge in [0, 0.05) is 0 Å². The fraction of sp³-hybridized carbons (Fsp3) is 0.219. The molecular formula is C64H56O18. The zero-order chi connectivity index (χ0) is 57.2. The predicted molar refractivity (Wildman–Crippen MR) is 292 cm³/mol. The summed E-state index contributed by atoms with van der Waals surface area (Å²) >= 11 is 0. The molecular weight excluding hydrogens is 1060 g/mol. The van der Waals surface area contributed by atoms with Gasteiger partial charge in [0.2, 0.25) is 6.29 Å². The topological polar surface area (TPSA) is 213 Å². The van der Waals surface area contributed by atoms with Gasteiger partial charge in [0.25, 0.3) is 0 Å². The first-order valence-electron chi connectivity index (χ1n) is 26.0. The number of rotatable bonds is 22. The number of carbonyl (C=O) groups is 6. The van der Waals surface area contributed by atoms with Crippen molar-refractivity contribution in [1.29, 1.82) is 0 Å². The molecule has 2 aliphatic heterocycles. The molecule has 9 rings (SSSR count). The van der Waals surface area contributed by atoms with Crippen molar-refractivity contribution >= 4 is 35.8 Å². The molecule has 0 aromatic heterocycles. The van der Waals surface area contributed by atoms with Crippen molar-refractivity contribution < 1.29 is 85.6 Å². The van der Waals surface area contributed by atoms with Crippen LogP contribution in [0.1, 0.15) is 62.1 Å². The van der Waals surface area contributed by atoms with Crippen LogP contribution in [-0.2, 0) is 47.4 Å². The molecule has 2 saturated heterocycles. The van der Waals surface area contributed by atoms with Gasteiger partial charge in [-0.05, 0) is 97.1 Å². The first kappa shape index (κ1) is 57.2. The number of hydrogen-bond donors (Lipinski definition) is 0. The molecule has 18 nitrogen and oxygen atoms in total. The van der Waals surface area contributed by atoms with E-state index in [1.807, 2.05) is 0 Å². The summed E-state index contributed by atoms with van der Waals surface area (Å²) in [6.07, 6.45) is -15.5. The Balaban J connectivity index is 1.20. The summed E-state index contributed by atoms with van der Waals surface area (Å²) in [6, 6.07) is 54.3. The predicted octanol–water partition coefficient (Wildman–Crippen LogP) is 9.10. The molecule has 0 amide bonds. The van der Waals surface area contributed by atoms with Crippen molar-refractivity contribution in [2.75, 3.05) is 26.9 Å². The monoisotopic (exact) mass is 1110 g/mol. The maximum Gasteiger partial charge on any atom is 0.338 e. The maximum absolute atomic E-state index is 14.5. The second-order valence-electron chi connectivity index (χ2n) is 18.4. The molecule has 0 bridgehead atoms. The van der Waals surface area contributed by atoms with E-state index in [0.29, 0.717) is 5.75 Å². The second kappa shape index (κ2) is 28.1. The molecule has 0 unspecified atom stereocenters. The average Bonchev–Trinajstić information content (AvgIpc) is 3.49. The lowest BCUT2D eigenvalue weighted by molar-refractivity contribution is -0.352. The van der Waals surface area contributed by atoms with E-state index in [1.54, 1.807) is 133 Å². The third kappa shape index (κ3) is 14.7. The zero-order valence-electron chi connectivity index (χ0n) is 44.2. The molecule has 0 spiro atoms. The van der Waals surface area contributed by atoms with Crippen LogP contribution >= 0.6 is 0 Å². The third-order valence-corrected chi connectivity index (χ3v) is 13.0. The van der Waals surface area contributed by atoms with Gasteiger partial charge in [-0.2, -0.15) is 0 Å². The molecule has 10 atom stereocenters. The van der Waals surface area contributed by atoms with Gasteiger partial charge in [-0.25, -0.2) is 28.8 Å². The van der Waals surface area contributed by atoms with E-state index in [1.165, 1.54) is 86.0 Å². The first-order valence-corrected chi connectivity index (χ1v) is 26.0. The van der Waals surface area contributed by atoms with E-state index in [9.17, 15) is 28.8 Å². The highest BCUT2D eigenvalue weighted by Crippen LogP contribution is 2.38. The zero-order valence-corrected chi connectivity index (χ0v) is 44.2. The Morgan fingerprint density at radius 2 is 0.707 bits per heavy atom. The normalized spacial score (nSPS) is 22.0. The third-order valence-electron chi connectivity index (χ3n) is 13.0. The minimum absolute atomic E-state index is 0.0700. The SMILES string of the molecule is C=CCO[C@@H]1[C@H](OC(=O)c2ccccc2)[C@@H](O[C@@H]2[C@H](OC(=O)c3ccccc3)[C@@H](Oc3ccc(OC)cc3)O[C@H](COC(=O)c3ccccc3)[C@H]2OC(=O)c2ccccc2)O[C@H](COC(=O)c2ccccc2)[C@H]1OC(=O)c1ccccc1. The summed E-state index contributed by atoms with van der Waals surface area (Å²) in [6.45, 7) is 2.31. The van der Waals surface area contributed by atoms with E-state index in [4.69, 9.17) is 56.8 Å². The number of methoxy groups -OCH3 is 1. The van der Waals surface area contributed by atoms with E-state index in [0.717, 1.165) is 0 Å². The molecule has 420 valence electrons. The van der Waals surface area contributed by atoms with Crippen molar-refractivity contribution in [3.63, 3.8) is 0 Å². The van der Waals surface area contributed by atoms with Crippen LogP contribution in [-0.4, -0.2) is 124 Å². The van der Waals surface area contributed by atoms with E-state index in [2.05, 4.69) is 6.58 Å². The van der Waals surface area contributed by atoms with E-state index < -0.39 is 110 Å². The number of benzene rings is 7. The van der Waals surface area contributed by atoms with E-state index >= 15 is 0 Å². The van der Waals surface area contributed by atoms with Crippen LogP contribution in [0, 0.1) is 0 Å². The summed E-state index contributed by atoms with van der Waals surface area (Å²) in [5.41, 5.74) is 0.691. The molecule has 82 heavy (non-hydrogen) atoms. The Labute approximate surface area is 471 Å². The molecule has 7 aromatic carbocycles. The van der Waals surface area contributed by atoms with Gasteiger partial charge in [-0.3, -0.25) is 0 Å². The number of hydrogen-bond acceptors (Lipinski definition) is 18. The summed E-state index contributed by atoms with van der Waals surface area (Å²) in [5, 5.41) is 0. The molecule has 0 aliphatic carbocycles. The largest absolute Gasteiger partial charge is 0.497 e. The average molecular weight is 1110 g/mol. The van der Waals surface area contributed by atoms with Gasteiger partial charge < -0.3 is 56.8 Å². The van der Waals surface area contributed by atoms with Crippen molar-refractivity contribution in [2.24, 2.45) is 0 Å². The minimum atomic E-state index is -1.93. The highest BCUT2D eigenvalue weighted by atomic mass is 16.8. The van der Waals surface area contributed by atoms with Crippen LogP contribution < -0.4 is 9.47 Å². The van der Waals surface area contributed by atoms with Gasteiger partial charge in [-0.1, -0.05) is 115 Å². The van der Waals surface area contributed by atoms with E-state index in [-0.39, 0.29) is 45.7 Å². The van der Waals surface area contributed by atoms with Crippen molar-refractivity contribution in [3.8, 4) is 11.5 Å². The smallest absolute Gasteiger partial charge is 0.338 e. The molecule has 0 radical (unpaired) electrons. The Hall–Kier alpha value is -9.46. The number of ether oxygens (including phenoxy) is 12. The van der Waals surface area contributed by atoms with Crippen molar-refractivity contribution in [2.45, 2.75) is 61.4 Å². The van der Waals surface area contributed by atoms with Gasteiger partial charge >= 0.3 is 35.8 Å². The van der Waals surface area contributed by atoms with Gasteiger partial charge in [0.05, 0.1) is 47.1 Å². The van der Waals surface area contributed by atoms with Gasteiger partial charge in [0.1, 0.15) is 49.1 Å². The lowest BCUT2D eigenvalue weighted by Gasteiger charge is -2.49. The Bertz CT molecular complexity index is 3220. The van der Waals surface area contributed by atoms with Crippen LogP contribution in [0.4, 0.5) is 0 Å². The Morgan fingerprint density at radius 3 is 1.07 bits per heavy atom. The fourth-order valence-corrected chi connectivity index (χ4v) is 8.93. The molecule has 0 N–H and O–H groups in total. The fourth-order valence-electron chi connectivity index (χ4n) is 8.93. The molecule has 2 aliphatic rings. The van der Waals surface area contributed by atoms with Crippen LogP contribution in [0.2, 0.25) is 0 Å². The lowest BCUT2D eigenvalue weighted by Crippen LogP contribution is -2.67. The molecule has 2 fully saturated rings. The van der Waals surface area contributed by atoms with Crippen LogP contribution in [0.5, 0.6) is 11.5 Å². The van der Waals surface area contributed by atoms with Crippen LogP contribution in [0.3, 0.4) is 0 Å². The number of esters is 6. The second-order valence-corrected chi connectivity index (χ2v) is 18.4. The molecule has 0 saturated carbocycles. The Morgan fingerprint density at radius 1 is 0.390 bits per heavy atom. The maximum atomic E-state index is 14.5. The summed E-state index contributed by atoms with van der Waals surface area (Å²) in [5.74, 6) is -4.56. The van der Waals surface area contributed by atoms with Gasteiger partial charge in [-0.15, -0.1) is 6.58 Å². The first-order chi connectivity index (χ1) is 40.1. The standard InChI is InChI=1S/C64H56O18/c1-3-38-72-53-51(78-59(67)43-26-14-6-15-27-43)49(39-73-57(65)41-22-10-4-11-23-41)77-64(55(53)80-61(69)45-30-18-8-19-31-45)82-54-52(79-60(68)44-28-16-7-17-29-44)50(40-74-58(66)42-24-12-5-13-25-42)76-63(75-48-36-34-47(71-2)35-37-48)56(54)81-62(70)46-32-20-9-21-33-46/h3-37,49-56,63-64H,1,38-40H2,2H3/t49-,50-,51-,52-,53+,54+,55+,56+,63+,64-/m1/s1. The minimum Gasteiger partial charge on any atom is -0.497 e. The van der Waals surface area contributed by atoms with Crippen molar-refractivity contribution in [1.82, 2.24) is 0 Å². The molecule has 7 aromatic rings. The molecule has 18 heteroatoms. The summed E-state index contributed by atoms with van der Waals surface area (Å²) in [7, 11) is 1.48.